The van der Waals surface area contributed by atoms with E-state index in [0.29, 0.717) is 5.78 Å². The van der Waals surface area contributed by atoms with Gasteiger partial charge in [0.05, 0.1) is 7.11 Å². The summed E-state index contributed by atoms with van der Waals surface area (Å²) in [6.45, 7) is 3.24. The smallest absolute Gasteiger partial charge is 0.167 e. The van der Waals surface area contributed by atoms with E-state index in [1.807, 2.05) is 18.2 Å². The first kappa shape index (κ1) is 12.7. The molecule has 1 fully saturated rings. The summed E-state index contributed by atoms with van der Waals surface area (Å²) < 4.78 is 5.24. The van der Waals surface area contributed by atoms with Gasteiger partial charge in [0.25, 0.3) is 0 Å². The van der Waals surface area contributed by atoms with Crippen LogP contribution in [0.3, 0.4) is 0 Å². The van der Waals surface area contributed by atoms with Gasteiger partial charge in [0.1, 0.15) is 5.75 Å². The molecule has 1 heterocycles. The molecule has 0 spiro atoms. The Morgan fingerprint density at radius 2 is 2.05 bits per heavy atom. The van der Waals surface area contributed by atoms with Crippen molar-refractivity contribution < 1.29 is 9.53 Å². The van der Waals surface area contributed by atoms with E-state index in [-0.39, 0.29) is 5.92 Å². The summed E-state index contributed by atoms with van der Waals surface area (Å²) in [6, 6.07) is 5.83. The number of fused-ring (bicyclic) bond motifs is 1. The largest absolute Gasteiger partial charge is 0.497 e. The minimum absolute atomic E-state index is 0.153. The highest BCUT2D eigenvalue weighted by Gasteiger charge is 2.32. The summed E-state index contributed by atoms with van der Waals surface area (Å²) in [5.41, 5.74) is 2.06. The van der Waals surface area contributed by atoms with Crippen LogP contribution in [0.4, 0.5) is 0 Å². The van der Waals surface area contributed by atoms with E-state index in [1.165, 1.54) is 19.3 Å². The van der Waals surface area contributed by atoms with Crippen LogP contribution >= 0.6 is 0 Å². The van der Waals surface area contributed by atoms with Gasteiger partial charge in [0, 0.05) is 18.0 Å². The highest BCUT2D eigenvalue weighted by Crippen LogP contribution is 2.30. The Hall–Kier alpha value is -1.35. The third-order valence-electron chi connectivity index (χ3n) is 4.34. The molecule has 0 radical (unpaired) electrons. The first-order valence-electron chi connectivity index (χ1n) is 7.21. The van der Waals surface area contributed by atoms with Crippen molar-refractivity contribution in [3.05, 3.63) is 29.3 Å². The number of carbonyl (C=O) groups is 1. The highest BCUT2D eigenvalue weighted by atomic mass is 16.5. The lowest BCUT2D eigenvalue weighted by Crippen LogP contribution is -2.35. The fourth-order valence-corrected chi connectivity index (χ4v) is 3.29. The van der Waals surface area contributed by atoms with Gasteiger partial charge in [-0.05, 0) is 56.1 Å². The standard InChI is InChI=1S/C16H21NO2/c1-19-14-5-6-15-12(10-14)9-13(16(15)18)11-17-7-3-2-4-8-17/h5-6,10,13H,2-4,7-9,11H2,1H3. The number of Topliss-reactive ketones (excluding diaryl/α,β-unsaturated/α-hetero) is 1. The van der Waals surface area contributed by atoms with Crippen molar-refractivity contribution in [1.82, 2.24) is 4.90 Å². The summed E-state index contributed by atoms with van der Waals surface area (Å²) >= 11 is 0. The Labute approximate surface area is 114 Å². The van der Waals surface area contributed by atoms with E-state index >= 15 is 0 Å². The van der Waals surface area contributed by atoms with Crippen LogP contribution in [0.5, 0.6) is 5.75 Å². The molecule has 102 valence electrons. The van der Waals surface area contributed by atoms with Gasteiger partial charge in [-0.15, -0.1) is 0 Å². The van der Waals surface area contributed by atoms with Gasteiger partial charge in [0.2, 0.25) is 0 Å². The van der Waals surface area contributed by atoms with E-state index in [2.05, 4.69) is 4.90 Å². The van der Waals surface area contributed by atoms with Gasteiger partial charge < -0.3 is 9.64 Å². The minimum Gasteiger partial charge on any atom is -0.497 e. The molecule has 0 saturated carbocycles. The van der Waals surface area contributed by atoms with E-state index in [9.17, 15) is 4.79 Å². The molecule has 3 rings (SSSR count). The van der Waals surface area contributed by atoms with Crippen molar-refractivity contribution in [3.63, 3.8) is 0 Å². The lowest BCUT2D eigenvalue weighted by atomic mass is 10.0. The molecule has 1 atom stereocenters. The lowest BCUT2D eigenvalue weighted by molar-refractivity contribution is 0.0889. The summed E-state index contributed by atoms with van der Waals surface area (Å²) in [7, 11) is 1.67. The van der Waals surface area contributed by atoms with E-state index in [0.717, 1.165) is 42.9 Å². The minimum atomic E-state index is 0.153. The molecule has 1 saturated heterocycles. The number of hydrogen-bond donors (Lipinski definition) is 0. The second-order valence-corrected chi connectivity index (χ2v) is 5.65. The Morgan fingerprint density at radius 3 is 2.79 bits per heavy atom. The second-order valence-electron chi connectivity index (χ2n) is 5.65. The van der Waals surface area contributed by atoms with E-state index in [4.69, 9.17) is 4.74 Å². The van der Waals surface area contributed by atoms with Crippen molar-refractivity contribution in [1.29, 1.82) is 0 Å². The van der Waals surface area contributed by atoms with E-state index in [1.54, 1.807) is 7.11 Å². The molecular weight excluding hydrogens is 238 g/mol. The molecule has 1 unspecified atom stereocenters. The van der Waals surface area contributed by atoms with Crippen LogP contribution in [0.2, 0.25) is 0 Å². The third-order valence-corrected chi connectivity index (χ3v) is 4.34. The van der Waals surface area contributed by atoms with Crippen LogP contribution in [-0.4, -0.2) is 37.4 Å². The van der Waals surface area contributed by atoms with Crippen LogP contribution in [0.25, 0.3) is 0 Å². The van der Waals surface area contributed by atoms with Crippen molar-refractivity contribution in [3.8, 4) is 5.75 Å². The van der Waals surface area contributed by atoms with Gasteiger partial charge in [-0.1, -0.05) is 6.42 Å². The van der Waals surface area contributed by atoms with Gasteiger partial charge in [0.15, 0.2) is 5.78 Å². The average Bonchev–Trinajstić information content (AvgIpc) is 2.76. The molecule has 3 heteroatoms. The number of rotatable bonds is 3. The third kappa shape index (κ3) is 2.52. The molecule has 0 aromatic heterocycles. The lowest BCUT2D eigenvalue weighted by Gasteiger charge is -2.28. The molecule has 1 aromatic rings. The van der Waals surface area contributed by atoms with Crippen LogP contribution in [0.1, 0.15) is 35.2 Å². The maximum Gasteiger partial charge on any atom is 0.167 e. The Bertz CT molecular complexity index is 478. The zero-order valence-electron chi connectivity index (χ0n) is 11.5. The Balaban J connectivity index is 1.71. The van der Waals surface area contributed by atoms with Gasteiger partial charge in [-0.25, -0.2) is 0 Å². The van der Waals surface area contributed by atoms with Crippen molar-refractivity contribution >= 4 is 5.78 Å². The molecule has 0 amide bonds. The van der Waals surface area contributed by atoms with Crippen LogP contribution in [-0.2, 0) is 6.42 Å². The topological polar surface area (TPSA) is 29.5 Å². The van der Waals surface area contributed by atoms with Crippen molar-refractivity contribution in [2.45, 2.75) is 25.7 Å². The maximum absolute atomic E-state index is 12.4. The first-order chi connectivity index (χ1) is 9.28. The quantitative estimate of drug-likeness (QED) is 0.835. The number of nitrogens with zero attached hydrogens (tertiary/aromatic N) is 1. The zero-order valence-corrected chi connectivity index (χ0v) is 11.5. The zero-order chi connectivity index (χ0) is 13.2. The van der Waals surface area contributed by atoms with E-state index < -0.39 is 0 Å². The molecule has 19 heavy (non-hydrogen) atoms. The summed E-state index contributed by atoms with van der Waals surface area (Å²) in [5, 5.41) is 0. The Morgan fingerprint density at radius 1 is 1.26 bits per heavy atom. The first-order valence-corrected chi connectivity index (χ1v) is 7.21. The summed E-state index contributed by atoms with van der Waals surface area (Å²) in [6.07, 6.45) is 4.78. The summed E-state index contributed by atoms with van der Waals surface area (Å²) in [5.74, 6) is 1.33. The predicted molar refractivity (Wildman–Crippen MR) is 74.8 cm³/mol. The molecule has 3 nitrogen and oxygen atoms in total. The molecule has 1 aliphatic heterocycles. The van der Waals surface area contributed by atoms with Gasteiger partial charge >= 0.3 is 0 Å². The van der Waals surface area contributed by atoms with Crippen molar-refractivity contribution in [2.75, 3.05) is 26.7 Å². The van der Waals surface area contributed by atoms with Crippen molar-refractivity contribution in [2.24, 2.45) is 5.92 Å². The SMILES string of the molecule is COc1ccc2c(c1)CC(CN1CCCCC1)C2=O. The molecule has 0 N–H and O–H groups in total. The predicted octanol–water partition coefficient (Wildman–Crippen LogP) is 2.54. The number of piperidine rings is 1. The molecule has 0 bridgehead atoms. The fourth-order valence-electron chi connectivity index (χ4n) is 3.29. The Kier molecular flexibility index (Phi) is 3.56. The molecule has 2 aliphatic rings. The van der Waals surface area contributed by atoms with Crippen LogP contribution in [0, 0.1) is 5.92 Å². The van der Waals surface area contributed by atoms with Gasteiger partial charge in [-0.2, -0.15) is 0 Å². The average molecular weight is 259 g/mol. The normalized spacial score (nSPS) is 23.4. The van der Waals surface area contributed by atoms with Crippen LogP contribution < -0.4 is 4.74 Å². The maximum atomic E-state index is 12.4. The molecule has 1 aromatic carbocycles. The number of methoxy groups -OCH3 is 1. The fraction of sp³-hybridized carbons (Fsp3) is 0.562. The van der Waals surface area contributed by atoms with Crippen LogP contribution in [0.15, 0.2) is 18.2 Å². The molecule has 1 aliphatic carbocycles. The number of hydrogen-bond acceptors (Lipinski definition) is 3. The monoisotopic (exact) mass is 259 g/mol. The number of benzene rings is 1. The highest BCUT2D eigenvalue weighted by molar-refractivity contribution is 6.02. The second kappa shape index (κ2) is 5.33. The number of ketones is 1. The number of ether oxygens (including phenoxy) is 1. The number of likely N-dealkylation sites (tertiary alicyclic amines) is 1. The number of carbonyl (C=O) groups excluding carboxylic acids is 1. The summed E-state index contributed by atoms with van der Waals surface area (Å²) in [4.78, 5) is 14.9. The molecular formula is C16H21NO2. The van der Waals surface area contributed by atoms with Gasteiger partial charge in [-0.3, -0.25) is 4.79 Å².